The molecule has 2 aromatic rings. The average Bonchev–Trinajstić information content (AvgIpc) is 2.99. The molecular weight excluding hydrogens is 334 g/mol. The van der Waals surface area contributed by atoms with Crippen LogP contribution in [0.1, 0.15) is 17.7 Å². The zero-order valence-corrected chi connectivity index (χ0v) is 14.0. The number of nitrogens with zero attached hydrogens (tertiary/aromatic N) is 2. The summed E-state index contributed by atoms with van der Waals surface area (Å²) in [4.78, 5) is 17.8. The molecule has 1 aliphatic heterocycles. The van der Waals surface area contributed by atoms with Crippen LogP contribution < -0.4 is 0 Å². The molecule has 1 atom stereocenters. The van der Waals surface area contributed by atoms with Gasteiger partial charge in [-0.15, -0.1) is 11.3 Å². The molecule has 3 rings (SSSR count). The van der Waals surface area contributed by atoms with Gasteiger partial charge in [-0.05, 0) is 13.3 Å². The number of aliphatic hydroxyl groups is 1. The van der Waals surface area contributed by atoms with E-state index in [1.807, 2.05) is 31.2 Å². The monoisotopic (exact) mass is 352 g/mol. The Morgan fingerprint density at radius 2 is 2.12 bits per heavy atom. The lowest BCUT2D eigenvalue weighted by Crippen LogP contribution is -2.53. The number of aromatic nitrogens is 1. The molecule has 7 heteroatoms. The number of amides is 1. The molecule has 1 unspecified atom stereocenters. The number of rotatable bonds is 3. The minimum absolute atomic E-state index is 0.00542. The van der Waals surface area contributed by atoms with Gasteiger partial charge in [0, 0.05) is 17.5 Å². The van der Waals surface area contributed by atoms with E-state index in [9.17, 15) is 18.7 Å². The number of alkyl halides is 2. The van der Waals surface area contributed by atoms with E-state index in [2.05, 4.69) is 4.98 Å². The molecule has 4 nitrogen and oxygen atoms in total. The zero-order chi connectivity index (χ0) is 17.3. The van der Waals surface area contributed by atoms with Crippen LogP contribution in [0, 0.1) is 6.92 Å². The van der Waals surface area contributed by atoms with Gasteiger partial charge in [-0.3, -0.25) is 4.79 Å². The Hall–Kier alpha value is -1.86. The molecular formula is C17H18F2N2O2S. The first-order chi connectivity index (χ1) is 11.3. The van der Waals surface area contributed by atoms with E-state index in [1.54, 1.807) is 5.38 Å². The van der Waals surface area contributed by atoms with Crippen molar-refractivity contribution < 1.29 is 18.7 Å². The molecule has 24 heavy (non-hydrogen) atoms. The molecule has 0 spiro atoms. The zero-order valence-electron chi connectivity index (χ0n) is 13.2. The quantitative estimate of drug-likeness (QED) is 0.924. The molecule has 0 aliphatic carbocycles. The number of hydrogen-bond donors (Lipinski definition) is 1. The largest absolute Gasteiger partial charge is 0.387 e. The Balaban J connectivity index is 1.66. The van der Waals surface area contributed by atoms with Crippen molar-refractivity contribution >= 4 is 17.2 Å². The summed E-state index contributed by atoms with van der Waals surface area (Å²) in [5.74, 6) is -3.63. The van der Waals surface area contributed by atoms with Crippen LogP contribution in [0.25, 0.3) is 10.6 Å². The topological polar surface area (TPSA) is 53.4 Å². The highest BCUT2D eigenvalue weighted by atomic mass is 32.1. The van der Waals surface area contributed by atoms with Gasteiger partial charge in [-0.1, -0.05) is 29.8 Å². The predicted molar refractivity (Wildman–Crippen MR) is 88.1 cm³/mol. The fourth-order valence-electron chi connectivity index (χ4n) is 2.62. The number of halogens is 2. The molecule has 0 radical (unpaired) electrons. The standard InChI is InChI=1S/C17H18F2N2O2S/c1-11-2-4-12(5-3-11)16-20-13(9-24-16)8-15(23)21-7-6-14(22)17(18,19)10-21/h2-5,9,14,22H,6-8,10H2,1H3. The highest BCUT2D eigenvalue weighted by Crippen LogP contribution is 2.28. The summed E-state index contributed by atoms with van der Waals surface area (Å²) in [5.41, 5.74) is 2.70. The summed E-state index contributed by atoms with van der Waals surface area (Å²) >= 11 is 1.43. The Bertz CT molecular complexity index is 730. The molecule has 0 saturated carbocycles. The molecule has 1 aromatic heterocycles. The molecule has 128 valence electrons. The maximum atomic E-state index is 13.5. The fourth-order valence-corrected chi connectivity index (χ4v) is 3.45. The maximum absolute atomic E-state index is 13.5. The molecule has 1 saturated heterocycles. The van der Waals surface area contributed by atoms with E-state index in [0.717, 1.165) is 21.0 Å². The van der Waals surface area contributed by atoms with E-state index in [1.165, 1.54) is 11.3 Å². The second-order valence-electron chi connectivity index (χ2n) is 6.07. The van der Waals surface area contributed by atoms with Crippen LogP contribution in [-0.2, 0) is 11.2 Å². The van der Waals surface area contributed by atoms with Crippen LogP contribution in [0.5, 0.6) is 0 Å². The van der Waals surface area contributed by atoms with Crippen LogP contribution >= 0.6 is 11.3 Å². The third kappa shape index (κ3) is 3.62. The van der Waals surface area contributed by atoms with E-state index in [-0.39, 0.29) is 25.3 Å². The van der Waals surface area contributed by atoms with E-state index in [0.29, 0.717) is 5.69 Å². The Morgan fingerprint density at radius 1 is 1.42 bits per heavy atom. The van der Waals surface area contributed by atoms with E-state index in [4.69, 9.17) is 0 Å². The summed E-state index contributed by atoms with van der Waals surface area (Å²) < 4.78 is 27.1. The normalized spacial score (nSPS) is 20.2. The van der Waals surface area contributed by atoms with E-state index >= 15 is 0 Å². The van der Waals surface area contributed by atoms with Crippen LogP contribution in [0.3, 0.4) is 0 Å². The average molecular weight is 352 g/mol. The van der Waals surface area contributed by atoms with Crippen molar-refractivity contribution in [3.05, 3.63) is 40.9 Å². The van der Waals surface area contributed by atoms with Crippen molar-refractivity contribution in [3.63, 3.8) is 0 Å². The summed E-state index contributed by atoms with van der Waals surface area (Å²) in [6.45, 7) is 1.41. The number of thiazole rings is 1. The lowest BCUT2D eigenvalue weighted by molar-refractivity contribution is -0.164. The number of aliphatic hydroxyl groups excluding tert-OH is 1. The predicted octanol–water partition coefficient (Wildman–Crippen LogP) is 2.89. The first-order valence-corrected chi connectivity index (χ1v) is 8.58. The molecule has 1 amide bonds. The smallest absolute Gasteiger partial charge is 0.290 e. The van der Waals surface area contributed by atoms with Gasteiger partial charge in [-0.2, -0.15) is 0 Å². The molecule has 1 fully saturated rings. The van der Waals surface area contributed by atoms with Crippen molar-refractivity contribution in [1.29, 1.82) is 0 Å². The summed E-state index contributed by atoms with van der Waals surface area (Å²) in [6, 6.07) is 7.91. The van der Waals surface area contributed by atoms with Gasteiger partial charge in [0.1, 0.15) is 11.1 Å². The van der Waals surface area contributed by atoms with Gasteiger partial charge >= 0.3 is 0 Å². The molecule has 1 aromatic carbocycles. The lowest BCUT2D eigenvalue weighted by atomic mass is 10.0. The highest BCUT2D eigenvalue weighted by Gasteiger charge is 2.44. The number of aryl methyl sites for hydroxylation is 1. The minimum atomic E-state index is -3.25. The highest BCUT2D eigenvalue weighted by molar-refractivity contribution is 7.13. The SMILES string of the molecule is Cc1ccc(-c2nc(CC(=O)N3CCC(O)C(F)(F)C3)cs2)cc1. The molecule has 2 heterocycles. The maximum Gasteiger partial charge on any atom is 0.290 e. The van der Waals surface area contributed by atoms with E-state index < -0.39 is 18.6 Å². The van der Waals surface area contributed by atoms with Crippen molar-refractivity contribution in [1.82, 2.24) is 9.88 Å². The number of hydrogen-bond acceptors (Lipinski definition) is 4. The van der Waals surface area contributed by atoms with Crippen molar-refractivity contribution in [2.45, 2.75) is 31.8 Å². The van der Waals surface area contributed by atoms with Crippen LogP contribution in [0.2, 0.25) is 0 Å². The third-order valence-electron chi connectivity index (χ3n) is 4.10. The third-order valence-corrected chi connectivity index (χ3v) is 5.04. The summed E-state index contributed by atoms with van der Waals surface area (Å²) in [7, 11) is 0. The van der Waals surface area contributed by atoms with Gasteiger partial charge in [0.2, 0.25) is 5.91 Å². The van der Waals surface area contributed by atoms with Crippen molar-refractivity contribution in [3.8, 4) is 10.6 Å². The Labute approximate surface area is 142 Å². The first kappa shape index (κ1) is 17.0. The van der Waals surface area contributed by atoms with Gasteiger partial charge < -0.3 is 10.0 Å². The molecule has 0 bridgehead atoms. The summed E-state index contributed by atoms with van der Waals surface area (Å²) in [6.07, 6.45) is -1.78. The van der Waals surface area contributed by atoms with Gasteiger partial charge in [0.05, 0.1) is 18.7 Å². The number of piperidine rings is 1. The number of carbonyl (C=O) groups is 1. The van der Waals surface area contributed by atoms with Gasteiger partial charge in [0.25, 0.3) is 5.92 Å². The van der Waals surface area contributed by atoms with Gasteiger partial charge in [-0.25, -0.2) is 13.8 Å². The molecule has 1 N–H and O–H groups in total. The Kier molecular flexibility index (Phi) is 4.64. The lowest BCUT2D eigenvalue weighted by Gasteiger charge is -2.35. The van der Waals surface area contributed by atoms with Crippen LogP contribution in [0.4, 0.5) is 8.78 Å². The fraction of sp³-hybridized carbons (Fsp3) is 0.412. The summed E-state index contributed by atoms with van der Waals surface area (Å²) in [5, 5.41) is 11.9. The number of carbonyl (C=O) groups excluding carboxylic acids is 1. The van der Waals surface area contributed by atoms with Crippen molar-refractivity contribution in [2.24, 2.45) is 0 Å². The second-order valence-corrected chi connectivity index (χ2v) is 6.93. The van der Waals surface area contributed by atoms with Gasteiger partial charge in [0.15, 0.2) is 0 Å². The second kappa shape index (κ2) is 6.57. The first-order valence-electron chi connectivity index (χ1n) is 7.70. The Morgan fingerprint density at radius 3 is 2.79 bits per heavy atom. The number of likely N-dealkylation sites (tertiary alicyclic amines) is 1. The number of benzene rings is 1. The minimum Gasteiger partial charge on any atom is -0.387 e. The van der Waals surface area contributed by atoms with Crippen LogP contribution in [-0.4, -0.2) is 46.0 Å². The van der Waals surface area contributed by atoms with Crippen molar-refractivity contribution in [2.75, 3.05) is 13.1 Å². The molecule has 1 aliphatic rings. The van der Waals surface area contributed by atoms with Crippen LogP contribution in [0.15, 0.2) is 29.6 Å².